The van der Waals surface area contributed by atoms with Crippen molar-refractivity contribution in [3.63, 3.8) is 0 Å². The van der Waals surface area contributed by atoms with Gasteiger partial charge in [0.05, 0.1) is 5.02 Å². The van der Waals surface area contributed by atoms with Crippen LogP contribution >= 0.6 is 23.1 Å². The van der Waals surface area contributed by atoms with Gasteiger partial charge in [-0.15, -0.1) is 0 Å². The molecule has 4 nitrogen and oxygen atoms in total. The first-order chi connectivity index (χ1) is 12.6. The Balaban J connectivity index is 1.52. The number of allylic oxidation sites excluding steroid dienone is 2. The highest BCUT2D eigenvalue weighted by Gasteiger charge is 2.06. The first-order valence-corrected chi connectivity index (χ1v) is 9.91. The standard InChI is InChI=1S/C19H22ClFN4S/c1-13(22-10-9-14-5-3-2-4-6-14)11-18-24-19(26-25-18)23-15-7-8-17(21)16(20)12-15/h5,7-8,11-12,22H,2-4,6,9-10H2,1H3,(H,23,24,25)/b13-11+. The molecule has 0 bridgehead atoms. The van der Waals surface area contributed by atoms with Gasteiger partial charge in [0.25, 0.3) is 0 Å². The van der Waals surface area contributed by atoms with Gasteiger partial charge in [-0.3, -0.25) is 0 Å². The van der Waals surface area contributed by atoms with Gasteiger partial charge < -0.3 is 10.6 Å². The number of hydrogen-bond acceptors (Lipinski definition) is 5. The molecule has 0 atom stereocenters. The van der Waals surface area contributed by atoms with Crippen molar-refractivity contribution in [3.05, 3.63) is 52.2 Å². The van der Waals surface area contributed by atoms with E-state index in [1.54, 1.807) is 11.6 Å². The van der Waals surface area contributed by atoms with E-state index < -0.39 is 5.82 Å². The number of rotatable bonds is 7. The number of nitrogens with zero attached hydrogens (tertiary/aromatic N) is 2. The Morgan fingerprint density at radius 1 is 1.38 bits per heavy atom. The van der Waals surface area contributed by atoms with E-state index in [0.717, 1.165) is 18.7 Å². The molecule has 1 aliphatic carbocycles. The maximum absolute atomic E-state index is 13.2. The van der Waals surface area contributed by atoms with E-state index in [1.807, 2.05) is 13.0 Å². The van der Waals surface area contributed by atoms with Crippen molar-refractivity contribution in [2.24, 2.45) is 0 Å². The highest BCUT2D eigenvalue weighted by molar-refractivity contribution is 7.09. The molecule has 1 aromatic heterocycles. The average Bonchev–Trinajstić information content (AvgIpc) is 3.06. The fourth-order valence-electron chi connectivity index (χ4n) is 2.84. The number of aromatic nitrogens is 2. The number of anilines is 2. The molecule has 0 fully saturated rings. The lowest BCUT2D eigenvalue weighted by Crippen LogP contribution is -2.13. The van der Waals surface area contributed by atoms with Gasteiger partial charge in [-0.2, -0.15) is 9.36 Å². The minimum atomic E-state index is -0.441. The minimum Gasteiger partial charge on any atom is -0.388 e. The maximum atomic E-state index is 13.2. The van der Waals surface area contributed by atoms with Crippen LogP contribution < -0.4 is 10.6 Å². The molecule has 26 heavy (non-hydrogen) atoms. The third kappa shape index (κ3) is 5.54. The Kier molecular flexibility index (Phi) is 6.63. The van der Waals surface area contributed by atoms with Crippen LogP contribution in [0.3, 0.4) is 0 Å². The van der Waals surface area contributed by atoms with E-state index in [2.05, 4.69) is 26.1 Å². The van der Waals surface area contributed by atoms with Crippen LogP contribution in [-0.4, -0.2) is 15.9 Å². The van der Waals surface area contributed by atoms with Gasteiger partial charge in [0.1, 0.15) is 5.82 Å². The molecule has 0 saturated carbocycles. The van der Waals surface area contributed by atoms with Crippen molar-refractivity contribution >= 4 is 40.0 Å². The van der Waals surface area contributed by atoms with Crippen LogP contribution in [-0.2, 0) is 0 Å². The summed E-state index contributed by atoms with van der Waals surface area (Å²) in [5, 5.41) is 7.22. The van der Waals surface area contributed by atoms with E-state index in [0.29, 0.717) is 16.6 Å². The maximum Gasteiger partial charge on any atom is 0.207 e. The van der Waals surface area contributed by atoms with Crippen molar-refractivity contribution in [2.75, 3.05) is 11.9 Å². The van der Waals surface area contributed by atoms with Crippen molar-refractivity contribution in [1.29, 1.82) is 0 Å². The van der Waals surface area contributed by atoms with Crippen LogP contribution in [0.5, 0.6) is 0 Å². The summed E-state index contributed by atoms with van der Waals surface area (Å²) < 4.78 is 17.5. The molecule has 0 spiro atoms. The average molecular weight is 393 g/mol. The summed E-state index contributed by atoms with van der Waals surface area (Å²) in [6.45, 7) is 2.95. The normalized spacial score (nSPS) is 14.9. The highest BCUT2D eigenvalue weighted by atomic mass is 35.5. The van der Waals surface area contributed by atoms with Gasteiger partial charge in [-0.1, -0.05) is 23.3 Å². The molecule has 2 aromatic rings. The predicted octanol–water partition coefficient (Wildman–Crippen LogP) is 5.92. The molecule has 0 saturated heterocycles. The second kappa shape index (κ2) is 9.14. The number of hydrogen-bond donors (Lipinski definition) is 2. The summed E-state index contributed by atoms with van der Waals surface area (Å²) in [5.41, 5.74) is 3.28. The van der Waals surface area contributed by atoms with Gasteiger partial charge in [0.15, 0.2) is 5.82 Å². The van der Waals surface area contributed by atoms with Gasteiger partial charge >= 0.3 is 0 Å². The lowest BCUT2D eigenvalue weighted by Gasteiger charge is -2.13. The quantitative estimate of drug-likeness (QED) is 0.574. The van der Waals surface area contributed by atoms with E-state index in [4.69, 9.17) is 11.6 Å². The Morgan fingerprint density at radius 2 is 2.27 bits per heavy atom. The first kappa shape index (κ1) is 18.9. The molecular formula is C19H22ClFN4S. The Labute approximate surface area is 162 Å². The van der Waals surface area contributed by atoms with Crippen LogP contribution in [0.4, 0.5) is 15.2 Å². The summed E-state index contributed by atoms with van der Waals surface area (Å²) in [6.07, 6.45) is 10.5. The largest absolute Gasteiger partial charge is 0.388 e. The van der Waals surface area contributed by atoms with E-state index >= 15 is 0 Å². The number of nitrogens with one attached hydrogen (secondary N) is 2. The second-order valence-corrected chi connectivity index (χ2v) is 7.48. The molecular weight excluding hydrogens is 371 g/mol. The number of benzene rings is 1. The van der Waals surface area contributed by atoms with Crippen LogP contribution in [0.15, 0.2) is 35.5 Å². The van der Waals surface area contributed by atoms with Gasteiger partial charge in [0, 0.05) is 35.5 Å². The summed E-state index contributed by atoms with van der Waals surface area (Å²) in [7, 11) is 0. The van der Waals surface area contributed by atoms with Gasteiger partial charge in [-0.25, -0.2) is 4.39 Å². The summed E-state index contributed by atoms with van der Waals surface area (Å²) >= 11 is 7.04. The molecule has 0 amide bonds. The third-order valence-corrected chi connectivity index (χ3v) is 5.13. The number of halogens is 2. The molecule has 2 N–H and O–H groups in total. The highest BCUT2D eigenvalue weighted by Crippen LogP contribution is 2.24. The smallest absolute Gasteiger partial charge is 0.207 e. The van der Waals surface area contributed by atoms with Crippen molar-refractivity contribution in [1.82, 2.24) is 14.7 Å². The Morgan fingerprint density at radius 3 is 3.04 bits per heavy atom. The van der Waals surface area contributed by atoms with Crippen LogP contribution in [0.2, 0.25) is 5.02 Å². The zero-order valence-corrected chi connectivity index (χ0v) is 16.3. The Bertz CT molecular complexity index is 816. The fraction of sp³-hybridized carbons (Fsp3) is 0.368. The van der Waals surface area contributed by atoms with E-state index in [9.17, 15) is 4.39 Å². The van der Waals surface area contributed by atoms with Crippen molar-refractivity contribution in [2.45, 2.75) is 39.0 Å². The predicted molar refractivity (Wildman–Crippen MR) is 107 cm³/mol. The van der Waals surface area contributed by atoms with E-state index in [1.165, 1.54) is 49.3 Å². The fourth-order valence-corrected chi connectivity index (χ4v) is 3.59. The monoisotopic (exact) mass is 392 g/mol. The van der Waals surface area contributed by atoms with Crippen LogP contribution in [0.25, 0.3) is 6.08 Å². The zero-order chi connectivity index (χ0) is 18.4. The SMILES string of the molecule is C/C(=C\c1nsc(Nc2ccc(F)c(Cl)c2)n1)NCCC1=CCCCC1. The molecule has 7 heteroatoms. The molecule has 1 heterocycles. The van der Waals surface area contributed by atoms with Crippen LogP contribution in [0, 0.1) is 5.82 Å². The van der Waals surface area contributed by atoms with Crippen LogP contribution in [0.1, 0.15) is 44.9 Å². The Hall–Kier alpha value is -1.92. The molecule has 0 radical (unpaired) electrons. The molecule has 1 aromatic carbocycles. The van der Waals surface area contributed by atoms with Crippen molar-refractivity contribution < 1.29 is 4.39 Å². The van der Waals surface area contributed by atoms with E-state index in [-0.39, 0.29) is 5.02 Å². The molecule has 138 valence electrons. The lowest BCUT2D eigenvalue weighted by molar-refractivity contribution is 0.628. The third-order valence-electron chi connectivity index (χ3n) is 4.19. The summed E-state index contributed by atoms with van der Waals surface area (Å²) in [6, 6.07) is 4.47. The molecule has 1 aliphatic rings. The molecule has 0 aliphatic heterocycles. The lowest BCUT2D eigenvalue weighted by atomic mass is 9.97. The minimum absolute atomic E-state index is 0.0766. The second-order valence-electron chi connectivity index (χ2n) is 6.32. The summed E-state index contributed by atoms with van der Waals surface area (Å²) in [5.74, 6) is 0.205. The van der Waals surface area contributed by atoms with Gasteiger partial charge in [0.2, 0.25) is 5.13 Å². The molecule has 3 rings (SSSR count). The van der Waals surface area contributed by atoms with Crippen molar-refractivity contribution in [3.8, 4) is 0 Å². The first-order valence-electron chi connectivity index (χ1n) is 8.76. The zero-order valence-electron chi connectivity index (χ0n) is 14.7. The summed E-state index contributed by atoms with van der Waals surface area (Å²) in [4.78, 5) is 4.43. The molecule has 0 unspecified atom stereocenters. The van der Waals surface area contributed by atoms with Gasteiger partial charge in [-0.05, 0) is 57.2 Å². The topological polar surface area (TPSA) is 49.8 Å².